The Bertz CT molecular complexity index is 528. The largest absolute Gasteiger partial charge is 0.497 e. The third-order valence-electron chi connectivity index (χ3n) is 4.31. The summed E-state index contributed by atoms with van der Waals surface area (Å²) in [5, 5.41) is 6.44. The SMILES string of the molecule is COc1ccc(OC)c(C2CNCC2C(=O)NC2CC2)c1. The smallest absolute Gasteiger partial charge is 0.225 e. The number of nitrogens with one attached hydrogen (secondary N) is 2. The molecule has 114 valence electrons. The number of rotatable bonds is 5. The predicted molar refractivity (Wildman–Crippen MR) is 79.8 cm³/mol. The molecule has 1 aliphatic carbocycles. The summed E-state index contributed by atoms with van der Waals surface area (Å²) < 4.78 is 10.8. The maximum atomic E-state index is 12.4. The Labute approximate surface area is 125 Å². The highest BCUT2D eigenvalue weighted by Gasteiger charge is 2.37. The summed E-state index contributed by atoms with van der Waals surface area (Å²) in [5.41, 5.74) is 1.04. The van der Waals surface area contributed by atoms with Crippen molar-refractivity contribution in [3.8, 4) is 11.5 Å². The standard InChI is InChI=1S/C16H22N2O3/c1-20-11-5-6-15(21-2)12(7-11)13-8-17-9-14(13)16(19)18-10-3-4-10/h5-7,10,13-14,17H,3-4,8-9H2,1-2H3,(H,18,19). The molecule has 2 N–H and O–H groups in total. The van der Waals surface area contributed by atoms with Gasteiger partial charge in [0.15, 0.2) is 0 Å². The van der Waals surface area contributed by atoms with Gasteiger partial charge in [0.25, 0.3) is 0 Å². The molecule has 0 bridgehead atoms. The maximum absolute atomic E-state index is 12.4. The van der Waals surface area contributed by atoms with Gasteiger partial charge in [-0.25, -0.2) is 0 Å². The van der Waals surface area contributed by atoms with Crippen molar-refractivity contribution in [3.63, 3.8) is 0 Å². The van der Waals surface area contributed by atoms with Crippen LogP contribution in [0.3, 0.4) is 0 Å². The van der Waals surface area contributed by atoms with E-state index in [1.165, 1.54) is 0 Å². The van der Waals surface area contributed by atoms with Crippen LogP contribution in [0, 0.1) is 5.92 Å². The zero-order valence-electron chi connectivity index (χ0n) is 12.5. The summed E-state index contributed by atoms with van der Waals surface area (Å²) in [5.74, 6) is 1.82. The van der Waals surface area contributed by atoms with E-state index in [4.69, 9.17) is 9.47 Å². The van der Waals surface area contributed by atoms with Crippen LogP contribution in [0.4, 0.5) is 0 Å². The van der Waals surface area contributed by atoms with Crippen LogP contribution >= 0.6 is 0 Å². The molecule has 21 heavy (non-hydrogen) atoms. The lowest BCUT2D eigenvalue weighted by atomic mass is 9.87. The first-order valence-corrected chi connectivity index (χ1v) is 7.46. The fourth-order valence-corrected chi connectivity index (χ4v) is 2.95. The Balaban J connectivity index is 1.84. The molecule has 1 heterocycles. The summed E-state index contributed by atoms with van der Waals surface area (Å²) in [7, 11) is 3.31. The average Bonchev–Trinajstić information content (AvgIpc) is 3.18. The van der Waals surface area contributed by atoms with E-state index in [9.17, 15) is 4.79 Å². The molecule has 0 radical (unpaired) electrons. The Morgan fingerprint density at radius 1 is 1.24 bits per heavy atom. The molecule has 2 fully saturated rings. The fourth-order valence-electron chi connectivity index (χ4n) is 2.95. The van der Waals surface area contributed by atoms with Crippen LogP contribution in [0.15, 0.2) is 18.2 Å². The molecule has 1 saturated carbocycles. The molecule has 0 spiro atoms. The van der Waals surface area contributed by atoms with Crippen LogP contribution in [0.25, 0.3) is 0 Å². The highest BCUT2D eigenvalue weighted by atomic mass is 16.5. The normalized spacial score (nSPS) is 24.7. The van der Waals surface area contributed by atoms with E-state index < -0.39 is 0 Å². The number of methoxy groups -OCH3 is 2. The van der Waals surface area contributed by atoms with E-state index in [0.717, 1.165) is 36.4 Å². The zero-order valence-corrected chi connectivity index (χ0v) is 12.5. The first kappa shape index (κ1) is 14.2. The minimum Gasteiger partial charge on any atom is -0.497 e. The lowest BCUT2D eigenvalue weighted by molar-refractivity contribution is -0.124. The monoisotopic (exact) mass is 290 g/mol. The van der Waals surface area contributed by atoms with Crippen molar-refractivity contribution in [2.24, 2.45) is 5.92 Å². The van der Waals surface area contributed by atoms with Crippen molar-refractivity contribution in [2.75, 3.05) is 27.3 Å². The van der Waals surface area contributed by atoms with Crippen LogP contribution in [0.1, 0.15) is 24.3 Å². The molecular weight excluding hydrogens is 268 g/mol. The Hall–Kier alpha value is -1.75. The second kappa shape index (κ2) is 5.93. The van der Waals surface area contributed by atoms with Crippen LogP contribution in [0.5, 0.6) is 11.5 Å². The molecule has 1 aromatic carbocycles. The molecule has 1 aromatic rings. The predicted octanol–water partition coefficient (Wildman–Crippen LogP) is 1.29. The third-order valence-corrected chi connectivity index (χ3v) is 4.31. The number of amides is 1. The van der Waals surface area contributed by atoms with Gasteiger partial charge >= 0.3 is 0 Å². The molecule has 1 aliphatic heterocycles. The molecule has 5 nitrogen and oxygen atoms in total. The van der Waals surface area contributed by atoms with E-state index in [-0.39, 0.29) is 17.7 Å². The molecule has 2 unspecified atom stereocenters. The summed E-state index contributed by atoms with van der Waals surface area (Å²) in [6.45, 7) is 1.50. The van der Waals surface area contributed by atoms with Crippen LogP contribution in [0.2, 0.25) is 0 Å². The van der Waals surface area contributed by atoms with Gasteiger partial charge in [0, 0.05) is 30.6 Å². The Morgan fingerprint density at radius 2 is 2.05 bits per heavy atom. The molecule has 3 rings (SSSR count). The first-order valence-electron chi connectivity index (χ1n) is 7.46. The van der Waals surface area contributed by atoms with E-state index in [1.807, 2.05) is 18.2 Å². The van der Waals surface area contributed by atoms with E-state index in [0.29, 0.717) is 12.6 Å². The highest BCUT2D eigenvalue weighted by molar-refractivity contribution is 5.81. The van der Waals surface area contributed by atoms with Gasteiger partial charge in [0.1, 0.15) is 11.5 Å². The zero-order chi connectivity index (χ0) is 14.8. The number of carbonyl (C=O) groups is 1. The van der Waals surface area contributed by atoms with E-state index in [1.54, 1.807) is 14.2 Å². The summed E-state index contributed by atoms with van der Waals surface area (Å²) in [6.07, 6.45) is 2.22. The Morgan fingerprint density at radius 3 is 2.71 bits per heavy atom. The van der Waals surface area contributed by atoms with Gasteiger partial charge < -0.3 is 20.1 Å². The summed E-state index contributed by atoms with van der Waals surface area (Å²) in [6, 6.07) is 6.16. The lowest BCUT2D eigenvalue weighted by Crippen LogP contribution is -2.35. The molecule has 2 aliphatic rings. The quantitative estimate of drug-likeness (QED) is 0.858. The third kappa shape index (κ3) is 2.97. The highest BCUT2D eigenvalue weighted by Crippen LogP contribution is 2.37. The number of ether oxygens (including phenoxy) is 2. The summed E-state index contributed by atoms with van der Waals surface area (Å²) in [4.78, 5) is 12.4. The number of hydrogen-bond donors (Lipinski definition) is 2. The van der Waals surface area contributed by atoms with Gasteiger partial charge in [0.2, 0.25) is 5.91 Å². The second-order valence-corrected chi connectivity index (χ2v) is 5.76. The van der Waals surface area contributed by atoms with Crippen molar-refractivity contribution in [1.82, 2.24) is 10.6 Å². The van der Waals surface area contributed by atoms with Crippen molar-refractivity contribution < 1.29 is 14.3 Å². The fraction of sp³-hybridized carbons (Fsp3) is 0.562. The van der Waals surface area contributed by atoms with Crippen LogP contribution in [-0.4, -0.2) is 39.3 Å². The van der Waals surface area contributed by atoms with E-state index >= 15 is 0 Å². The van der Waals surface area contributed by atoms with Gasteiger partial charge in [0.05, 0.1) is 20.1 Å². The summed E-state index contributed by atoms with van der Waals surface area (Å²) >= 11 is 0. The van der Waals surface area contributed by atoms with Crippen molar-refractivity contribution in [1.29, 1.82) is 0 Å². The molecular formula is C16H22N2O3. The van der Waals surface area contributed by atoms with Crippen LogP contribution < -0.4 is 20.1 Å². The minimum absolute atomic E-state index is 0.0494. The molecule has 5 heteroatoms. The number of carbonyl (C=O) groups excluding carboxylic acids is 1. The van der Waals surface area contributed by atoms with Crippen LogP contribution in [-0.2, 0) is 4.79 Å². The average molecular weight is 290 g/mol. The van der Waals surface area contributed by atoms with E-state index in [2.05, 4.69) is 10.6 Å². The van der Waals surface area contributed by atoms with Gasteiger partial charge in [-0.1, -0.05) is 0 Å². The van der Waals surface area contributed by atoms with Crippen molar-refractivity contribution >= 4 is 5.91 Å². The van der Waals surface area contributed by atoms with Gasteiger partial charge in [-0.2, -0.15) is 0 Å². The lowest BCUT2D eigenvalue weighted by Gasteiger charge is -2.21. The Kier molecular flexibility index (Phi) is 4.01. The van der Waals surface area contributed by atoms with Gasteiger partial charge in [-0.05, 0) is 31.0 Å². The molecule has 2 atom stereocenters. The molecule has 0 aromatic heterocycles. The minimum atomic E-state index is -0.0494. The number of benzene rings is 1. The van der Waals surface area contributed by atoms with Crippen molar-refractivity contribution in [3.05, 3.63) is 23.8 Å². The second-order valence-electron chi connectivity index (χ2n) is 5.76. The van der Waals surface area contributed by atoms with Gasteiger partial charge in [-0.3, -0.25) is 4.79 Å². The number of hydrogen-bond acceptors (Lipinski definition) is 4. The molecule has 1 saturated heterocycles. The van der Waals surface area contributed by atoms with Gasteiger partial charge in [-0.15, -0.1) is 0 Å². The topological polar surface area (TPSA) is 59.6 Å². The maximum Gasteiger partial charge on any atom is 0.225 e. The van der Waals surface area contributed by atoms with Crippen molar-refractivity contribution in [2.45, 2.75) is 24.8 Å². The molecule has 1 amide bonds. The first-order chi connectivity index (χ1) is 10.2.